The van der Waals surface area contributed by atoms with Crippen LogP contribution in [0.25, 0.3) is 0 Å². The second-order valence-corrected chi connectivity index (χ2v) is 8.10. The molecule has 6 heteroatoms. The molecule has 2 rings (SSSR count). The van der Waals surface area contributed by atoms with Gasteiger partial charge in [-0.2, -0.15) is 0 Å². The topological polar surface area (TPSA) is 55.4 Å². The normalized spacial score (nSPS) is 12.9. The van der Waals surface area contributed by atoms with Crippen molar-refractivity contribution in [2.75, 3.05) is 7.11 Å². The van der Waals surface area contributed by atoms with Gasteiger partial charge in [-0.05, 0) is 50.1 Å². The van der Waals surface area contributed by atoms with Crippen molar-refractivity contribution in [2.45, 2.75) is 31.7 Å². The first-order valence-electron chi connectivity index (χ1n) is 7.17. The minimum atomic E-state index is -3.70. The first-order valence-corrected chi connectivity index (χ1v) is 9.45. The molecular weight excluding hydrogens is 378 g/mol. The predicted molar refractivity (Wildman–Crippen MR) is 95.3 cm³/mol. The van der Waals surface area contributed by atoms with Crippen LogP contribution < -0.4 is 9.46 Å². The third-order valence-electron chi connectivity index (χ3n) is 3.64. The van der Waals surface area contributed by atoms with Crippen LogP contribution in [0, 0.1) is 13.8 Å². The number of halogens is 1. The summed E-state index contributed by atoms with van der Waals surface area (Å²) in [4.78, 5) is 0.117. The molecule has 0 saturated heterocycles. The Kier molecular flexibility index (Phi) is 5.49. The van der Waals surface area contributed by atoms with Gasteiger partial charge in [0.15, 0.2) is 0 Å². The maximum atomic E-state index is 12.7. The molecule has 0 fully saturated rings. The van der Waals surface area contributed by atoms with Gasteiger partial charge in [-0.1, -0.05) is 39.7 Å². The molecule has 0 spiro atoms. The standard InChI is InChI=1S/C17H20BrNO3S/c1-11-5-7-15(12(2)9-11)13(3)19-23(20,21)17-10-14(18)6-8-16(17)22-4/h5-10,13,19H,1-4H3. The Labute approximate surface area is 146 Å². The Balaban J connectivity index is 2.36. The number of nitrogens with one attached hydrogen (secondary N) is 1. The molecule has 0 bridgehead atoms. The molecule has 0 aliphatic heterocycles. The van der Waals surface area contributed by atoms with Gasteiger partial charge in [-0.25, -0.2) is 13.1 Å². The molecule has 0 amide bonds. The highest BCUT2D eigenvalue weighted by atomic mass is 79.9. The first kappa shape index (κ1) is 18.0. The van der Waals surface area contributed by atoms with Crippen molar-refractivity contribution >= 4 is 26.0 Å². The maximum absolute atomic E-state index is 12.7. The van der Waals surface area contributed by atoms with Gasteiger partial charge >= 0.3 is 0 Å². The van der Waals surface area contributed by atoms with E-state index in [1.54, 1.807) is 12.1 Å². The molecule has 0 aliphatic rings. The van der Waals surface area contributed by atoms with E-state index in [4.69, 9.17) is 4.74 Å². The summed E-state index contributed by atoms with van der Waals surface area (Å²) in [6.07, 6.45) is 0. The molecule has 0 heterocycles. The maximum Gasteiger partial charge on any atom is 0.244 e. The molecule has 4 nitrogen and oxygen atoms in total. The van der Waals surface area contributed by atoms with Crippen LogP contribution in [0.5, 0.6) is 5.75 Å². The molecule has 0 radical (unpaired) electrons. The molecule has 0 aromatic heterocycles. The quantitative estimate of drug-likeness (QED) is 0.825. The van der Waals surface area contributed by atoms with Crippen molar-refractivity contribution in [1.82, 2.24) is 4.72 Å². The molecule has 2 aromatic rings. The Bertz CT molecular complexity index is 819. The van der Waals surface area contributed by atoms with Crippen molar-refractivity contribution in [3.05, 3.63) is 57.6 Å². The Hall–Kier alpha value is -1.37. The van der Waals surface area contributed by atoms with Crippen LogP contribution in [0.2, 0.25) is 0 Å². The fraction of sp³-hybridized carbons (Fsp3) is 0.294. The van der Waals surface area contributed by atoms with Crippen LogP contribution in [0.4, 0.5) is 0 Å². The summed E-state index contributed by atoms with van der Waals surface area (Å²) in [5.41, 5.74) is 3.16. The van der Waals surface area contributed by atoms with Gasteiger partial charge in [0, 0.05) is 10.5 Å². The SMILES string of the molecule is COc1ccc(Br)cc1S(=O)(=O)NC(C)c1ccc(C)cc1C. The lowest BCUT2D eigenvalue weighted by Crippen LogP contribution is -2.27. The average molecular weight is 398 g/mol. The number of hydrogen-bond donors (Lipinski definition) is 1. The zero-order valence-corrected chi connectivity index (χ0v) is 16.0. The van der Waals surface area contributed by atoms with Crippen molar-refractivity contribution in [3.63, 3.8) is 0 Å². The summed E-state index contributed by atoms with van der Waals surface area (Å²) in [6, 6.07) is 10.5. The smallest absolute Gasteiger partial charge is 0.244 e. The number of hydrogen-bond acceptors (Lipinski definition) is 3. The zero-order chi connectivity index (χ0) is 17.2. The predicted octanol–water partition coefficient (Wildman–Crippen LogP) is 4.11. The highest BCUT2D eigenvalue weighted by molar-refractivity contribution is 9.10. The largest absolute Gasteiger partial charge is 0.495 e. The van der Waals surface area contributed by atoms with Gasteiger partial charge in [0.1, 0.15) is 10.6 Å². The second-order valence-electron chi connectivity index (χ2n) is 5.50. The zero-order valence-electron chi connectivity index (χ0n) is 13.6. The number of rotatable bonds is 5. The van der Waals surface area contributed by atoms with Gasteiger partial charge in [-0.15, -0.1) is 0 Å². The van der Waals surface area contributed by atoms with Crippen molar-refractivity contribution < 1.29 is 13.2 Å². The number of benzene rings is 2. The summed E-state index contributed by atoms with van der Waals surface area (Å²) in [7, 11) is -2.25. The number of methoxy groups -OCH3 is 1. The fourth-order valence-corrected chi connectivity index (χ4v) is 4.46. The Morgan fingerprint density at radius 1 is 1.13 bits per heavy atom. The minimum absolute atomic E-state index is 0.117. The number of aryl methyl sites for hydroxylation is 2. The lowest BCUT2D eigenvalue weighted by molar-refractivity contribution is 0.402. The van der Waals surface area contributed by atoms with E-state index < -0.39 is 10.0 Å². The number of ether oxygens (including phenoxy) is 1. The van der Waals surface area contributed by atoms with Crippen molar-refractivity contribution in [2.24, 2.45) is 0 Å². The molecule has 23 heavy (non-hydrogen) atoms. The van der Waals surface area contributed by atoms with E-state index in [0.29, 0.717) is 10.2 Å². The van der Waals surface area contributed by atoms with Gasteiger partial charge in [0.2, 0.25) is 10.0 Å². The summed E-state index contributed by atoms with van der Waals surface area (Å²) in [5, 5.41) is 0. The monoisotopic (exact) mass is 397 g/mol. The van der Waals surface area contributed by atoms with Crippen LogP contribution >= 0.6 is 15.9 Å². The molecule has 1 N–H and O–H groups in total. The van der Waals surface area contributed by atoms with Gasteiger partial charge in [-0.3, -0.25) is 0 Å². The van der Waals surface area contributed by atoms with Gasteiger partial charge < -0.3 is 4.74 Å². The van der Waals surface area contributed by atoms with Crippen LogP contribution in [0.1, 0.15) is 29.7 Å². The third kappa shape index (κ3) is 4.13. The molecule has 2 aromatic carbocycles. The number of sulfonamides is 1. The van der Waals surface area contributed by atoms with Crippen LogP contribution in [0.15, 0.2) is 45.8 Å². The van der Waals surface area contributed by atoms with E-state index >= 15 is 0 Å². The van der Waals surface area contributed by atoms with Crippen molar-refractivity contribution in [1.29, 1.82) is 0 Å². The molecule has 1 unspecified atom stereocenters. The van der Waals surface area contributed by atoms with Crippen molar-refractivity contribution in [3.8, 4) is 5.75 Å². The van der Waals surface area contributed by atoms with E-state index in [1.165, 1.54) is 13.2 Å². The van der Waals surface area contributed by atoms with Crippen LogP contribution in [-0.2, 0) is 10.0 Å². The van der Waals surface area contributed by atoms with Crippen LogP contribution in [0.3, 0.4) is 0 Å². The van der Waals surface area contributed by atoms with E-state index in [0.717, 1.165) is 16.7 Å². The molecule has 0 aliphatic carbocycles. The molecular formula is C17H20BrNO3S. The van der Waals surface area contributed by atoms with Gasteiger partial charge in [0.05, 0.1) is 7.11 Å². The highest BCUT2D eigenvalue weighted by Gasteiger charge is 2.23. The lowest BCUT2D eigenvalue weighted by atomic mass is 10.0. The van der Waals surface area contributed by atoms with E-state index in [1.807, 2.05) is 39.0 Å². The minimum Gasteiger partial charge on any atom is -0.495 e. The van der Waals surface area contributed by atoms with E-state index in [-0.39, 0.29) is 10.9 Å². The fourth-order valence-electron chi connectivity index (χ4n) is 2.53. The summed E-state index contributed by atoms with van der Waals surface area (Å²) >= 11 is 3.30. The van der Waals surface area contributed by atoms with Crippen LogP contribution in [-0.4, -0.2) is 15.5 Å². The van der Waals surface area contributed by atoms with E-state index in [2.05, 4.69) is 20.7 Å². The Morgan fingerprint density at radius 3 is 2.43 bits per heavy atom. The summed E-state index contributed by atoms with van der Waals surface area (Å²) in [5.74, 6) is 0.313. The molecule has 124 valence electrons. The third-order valence-corrected chi connectivity index (χ3v) is 5.69. The highest BCUT2D eigenvalue weighted by Crippen LogP contribution is 2.29. The van der Waals surface area contributed by atoms with Gasteiger partial charge in [0.25, 0.3) is 0 Å². The summed E-state index contributed by atoms with van der Waals surface area (Å²) < 4.78 is 34.0. The second kappa shape index (κ2) is 7.03. The Morgan fingerprint density at radius 2 is 1.83 bits per heavy atom. The molecule has 0 saturated carbocycles. The lowest BCUT2D eigenvalue weighted by Gasteiger charge is -2.18. The van der Waals surface area contributed by atoms with E-state index in [9.17, 15) is 8.42 Å². The first-order chi connectivity index (χ1) is 10.7. The summed E-state index contributed by atoms with van der Waals surface area (Å²) in [6.45, 7) is 5.82. The average Bonchev–Trinajstić information content (AvgIpc) is 2.46. The molecule has 1 atom stereocenters.